The molecule has 322 valence electrons. The summed E-state index contributed by atoms with van der Waals surface area (Å²) >= 11 is 0. The third-order valence-corrected chi connectivity index (χ3v) is 14.7. The van der Waals surface area contributed by atoms with E-state index in [-0.39, 0.29) is 0 Å². The Bertz CT molecular complexity index is 3880. The van der Waals surface area contributed by atoms with E-state index in [9.17, 15) is 0 Å². The van der Waals surface area contributed by atoms with Gasteiger partial charge in [-0.05, 0) is 156 Å². The van der Waals surface area contributed by atoms with Gasteiger partial charge in [0.25, 0.3) is 0 Å². The molecule has 1 aromatic heterocycles. The first kappa shape index (κ1) is 39.2. The van der Waals surface area contributed by atoms with Crippen LogP contribution in [0.5, 0.6) is 0 Å². The smallest absolute Gasteiger partial charge is 0.136 e. The van der Waals surface area contributed by atoms with Crippen LogP contribution in [0.1, 0.15) is 22.3 Å². The molecule has 11 aromatic carbocycles. The van der Waals surface area contributed by atoms with Crippen molar-refractivity contribution in [1.82, 2.24) is 0 Å². The number of hydrogen-bond donors (Lipinski definition) is 0. The van der Waals surface area contributed by atoms with Gasteiger partial charge < -0.3 is 9.32 Å². The summed E-state index contributed by atoms with van der Waals surface area (Å²) in [6.07, 6.45) is 0. The Hall–Kier alpha value is -8.98. The van der Waals surface area contributed by atoms with E-state index in [0.29, 0.717) is 0 Å². The van der Waals surface area contributed by atoms with Crippen molar-refractivity contribution in [3.63, 3.8) is 0 Å². The molecule has 0 bridgehead atoms. The van der Waals surface area contributed by atoms with Gasteiger partial charge in [0.1, 0.15) is 11.2 Å². The van der Waals surface area contributed by atoms with Gasteiger partial charge in [-0.15, -0.1) is 0 Å². The van der Waals surface area contributed by atoms with Crippen LogP contribution in [0.3, 0.4) is 0 Å². The Labute approximate surface area is 401 Å². The van der Waals surface area contributed by atoms with Crippen molar-refractivity contribution in [2.24, 2.45) is 0 Å². The van der Waals surface area contributed by atoms with E-state index in [4.69, 9.17) is 4.42 Å². The van der Waals surface area contributed by atoms with Gasteiger partial charge in [0.2, 0.25) is 0 Å². The molecule has 1 heterocycles. The Morgan fingerprint density at radius 2 is 0.609 bits per heavy atom. The molecule has 0 saturated carbocycles. The first-order valence-electron chi connectivity index (χ1n) is 23.8. The van der Waals surface area contributed by atoms with Crippen LogP contribution in [0.25, 0.3) is 88.7 Å². The standard InChI is InChI=1S/C67H43NO/c1-3-13-44(14-4-1)46-23-32-52(33-24-46)68(54-36-27-48(28-37-54)51-31-40-60-59-19-9-12-22-65(59)69-66(60)43-51)53-34-25-47(26-35-53)50-30-39-58-57-38-29-49(45-15-5-2-6-16-45)41-63(57)67(64(58)42-50)61-20-10-7-17-55(61)56-18-8-11-21-62(56)67/h1-43H. The van der Waals surface area contributed by atoms with Gasteiger partial charge in [0.15, 0.2) is 0 Å². The number of anilines is 3. The average molecular weight is 878 g/mol. The number of para-hydroxylation sites is 1. The van der Waals surface area contributed by atoms with Crippen LogP contribution >= 0.6 is 0 Å². The Morgan fingerprint density at radius 1 is 0.246 bits per heavy atom. The summed E-state index contributed by atoms with van der Waals surface area (Å²) < 4.78 is 6.28. The zero-order chi connectivity index (χ0) is 45.5. The summed E-state index contributed by atoms with van der Waals surface area (Å²) in [7, 11) is 0. The minimum Gasteiger partial charge on any atom is -0.456 e. The lowest BCUT2D eigenvalue weighted by molar-refractivity contribution is 0.669. The Kier molecular flexibility index (Phi) is 8.84. The lowest BCUT2D eigenvalue weighted by atomic mass is 9.70. The maximum absolute atomic E-state index is 6.28. The first-order chi connectivity index (χ1) is 34.2. The van der Waals surface area contributed by atoms with Crippen LogP contribution in [-0.4, -0.2) is 0 Å². The topological polar surface area (TPSA) is 16.4 Å². The van der Waals surface area contributed by atoms with E-state index in [0.717, 1.165) is 50.1 Å². The normalized spacial score (nSPS) is 12.8. The summed E-state index contributed by atoms with van der Waals surface area (Å²) in [4.78, 5) is 2.36. The van der Waals surface area contributed by atoms with Gasteiger partial charge in [-0.1, -0.05) is 194 Å². The molecule has 0 radical (unpaired) electrons. The van der Waals surface area contributed by atoms with E-state index in [1.54, 1.807) is 0 Å². The zero-order valence-corrected chi connectivity index (χ0v) is 37.7. The highest BCUT2D eigenvalue weighted by Crippen LogP contribution is 2.63. The molecule has 0 saturated heterocycles. The zero-order valence-electron chi connectivity index (χ0n) is 37.7. The van der Waals surface area contributed by atoms with Gasteiger partial charge >= 0.3 is 0 Å². The van der Waals surface area contributed by atoms with E-state index in [2.05, 4.69) is 254 Å². The van der Waals surface area contributed by atoms with Crippen LogP contribution in [0.2, 0.25) is 0 Å². The van der Waals surface area contributed by atoms with Gasteiger partial charge in [-0.3, -0.25) is 0 Å². The Morgan fingerprint density at radius 3 is 1.14 bits per heavy atom. The summed E-state index contributed by atoms with van der Waals surface area (Å²) in [5.74, 6) is 0. The van der Waals surface area contributed by atoms with Gasteiger partial charge in [-0.2, -0.15) is 0 Å². The predicted octanol–water partition coefficient (Wildman–Crippen LogP) is 18.1. The molecule has 0 amide bonds. The molecule has 0 N–H and O–H groups in total. The highest BCUT2D eigenvalue weighted by molar-refractivity contribution is 6.06. The number of hydrogen-bond acceptors (Lipinski definition) is 2. The molecule has 12 aromatic rings. The fourth-order valence-electron chi connectivity index (χ4n) is 11.5. The average Bonchev–Trinajstić information content (AvgIpc) is 4.05. The fraction of sp³-hybridized carbons (Fsp3) is 0.0149. The maximum atomic E-state index is 6.28. The van der Waals surface area contributed by atoms with Crippen molar-refractivity contribution in [3.05, 3.63) is 283 Å². The SMILES string of the molecule is c1ccc(-c2ccc(N(c3ccc(-c4ccc5c(c4)C4(c6ccccc6-c6ccccc64)c4cc(-c6ccccc6)ccc4-5)cc3)c3ccc(-c4ccc5c(c4)oc4ccccc45)cc3)cc2)cc1. The lowest BCUT2D eigenvalue weighted by Gasteiger charge is -2.31. The number of nitrogens with zero attached hydrogens (tertiary/aromatic N) is 1. The molecular formula is C67H43NO. The quantitative estimate of drug-likeness (QED) is 0.159. The lowest BCUT2D eigenvalue weighted by Crippen LogP contribution is -2.26. The first-order valence-corrected chi connectivity index (χ1v) is 23.8. The number of benzene rings is 11. The van der Waals surface area contributed by atoms with Crippen molar-refractivity contribution in [1.29, 1.82) is 0 Å². The van der Waals surface area contributed by atoms with Crippen LogP contribution < -0.4 is 4.90 Å². The largest absolute Gasteiger partial charge is 0.456 e. The molecule has 1 spiro atoms. The second-order valence-electron chi connectivity index (χ2n) is 18.4. The Balaban J connectivity index is 0.865. The third-order valence-electron chi connectivity index (χ3n) is 14.7. The molecule has 0 atom stereocenters. The van der Waals surface area contributed by atoms with Gasteiger partial charge in [0.05, 0.1) is 5.41 Å². The molecule has 14 rings (SSSR count). The second kappa shape index (κ2) is 15.6. The molecule has 0 unspecified atom stereocenters. The van der Waals surface area contributed by atoms with Crippen molar-refractivity contribution >= 4 is 39.0 Å². The van der Waals surface area contributed by atoms with Crippen molar-refractivity contribution in [3.8, 4) is 66.8 Å². The summed E-state index contributed by atoms with van der Waals surface area (Å²) in [5, 5.41) is 2.28. The molecule has 2 nitrogen and oxygen atoms in total. The highest BCUT2D eigenvalue weighted by atomic mass is 16.3. The fourth-order valence-corrected chi connectivity index (χ4v) is 11.5. The number of furan rings is 1. The monoisotopic (exact) mass is 877 g/mol. The molecular weight excluding hydrogens is 835 g/mol. The van der Waals surface area contributed by atoms with Crippen LogP contribution in [0.4, 0.5) is 17.1 Å². The summed E-state index contributed by atoms with van der Waals surface area (Å²) in [6, 6.07) is 95.5. The molecule has 0 aliphatic heterocycles. The van der Waals surface area contributed by atoms with Crippen molar-refractivity contribution in [2.75, 3.05) is 4.90 Å². The van der Waals surface area contributed by atoms with E-state index in [1.165, 1.54) is 77.9 Å². The molecule has 2 aliphatic rings. The van der Waals surface area contributed by atoms with Crippen LogP contribution in [0.15, 0.2) is 265 Å². The van der Waals surface area contributed by atoms with E-state index < -0.39 is 5.41 Å². The van der Waals surface area contributed by atoms with E-state index >= 15 is 0 Å². The number of rotatable bonds is 7. The third kappa shape index (κ3) is 6.12. The molecule has 69 heavy (non-hydrogen) atoms. The van der Waals surface area contributed by atoms with Gasteiger partial charge in [-0.25, -0.2) is 0 Å². The summed E-state index contributed by atoms with van der Waals surface area (Å²) in [5.41, 5.74) is 24.7. The molecule has 0 fully saturated rings. The van der Waals surface area contributed by atoms with Crippen LogP contribution in [-0.2, 0) is 5.41 Å². The number of fused-ring (bicyclic) bond motifs is 13. The summed E-state index contributed by atoms with van der Waals surface area (Å²) in [6.45, 7) is 0. The highest BCUT2D eigenvalue weighted by Gasteiger charge is 2.51. The van der Waals surface area contributed by atoms with Gasteiger partial charge in [0, 0.05) is 27.8 Å². The maximum Gasteiger partial charge on any atom is 0.136 e. The van der Waals surface area contributed by atoms with E-state index in [1.807, 2.05) is 12.1 Å². The molecule has 2 aliphatic carbocycles. The second-order valence-corrected chi connectivity index (χ2v) is 18.4. The van der Waals surface area contributed by atoms with Crippen LogP contribution in [0, 0.1) is 0 Å². The molecule has 2 heteroatoms. The minimum atomic E-state index is -0.453. The van der Waals surface area contributed by atoms with Crippen molar-refractivity contribution in [2.45, 2.75) is 5.41 Å². The van der Waals surface area contributed by atoms with Crippen molar-refractivity contribution < 1.29 is 4.42 Å². The predicted molar refractivity (Wildman–Crippen MR) is 286 cm³/mol. The minimum absolute atomic E-state index is 0.453.